The number of nitrogens with zero attached hydrogens (tertiary/aromatic N) is 4. The molecule has 0 aliphatic heterocycles. The Balaban J connectivity index is 2.11. The van der Waals surface area contributed by atoms with E-state index in [2.05, 4.69) is 20.3 Å². The fourth-order valence-electron chi connectivity index (χ4n) is 2.73. The molecule has 7 nitrogen and oxygen atoms in total. The number of aromatic nitrogens is 3. The van der Waals surface area contributed by atoms with Crippen LogP contribution in [0, 0.1) is 5.82 Å². The number of halogens is 4. The second kappa shape index (κ2) is 7.95. The Kier molecular flexibility index (Phi) is 5.59. The Bertz CT molecular complexity index is 1060. The van der Waals surface area contributed by atoms with E-state index in [9.17, 15) is 22.4 Å². The zero-order valence-corrected chi connectivity index (χ0v) is 15.2. The molecule has 2 heterocycles. The van der Waals surface area contributed by atoms with Crippen LogP contribution >= 0.6 is 0 Å². The van der Waals surface area contributed by atoms with Gasteiger partial charge in [0, 0.05) is 25.0 Å². The molecule has 0 fully saturated rings. The lowest BCUT2D eigenvalue weighted by Gasteiger charge is -2.23. The fourth-order valence-corrected chi connectivity index (χ4v) is 2.73. The lowest BCUT2D eigenvalue weighted by Crippen LogP contribution is -2.28. The maximum Gasteiger partial charge on any atom is 0.419 e. The minimum Gasteiger partial charge on any atom is -0.366 e. The van der Waals surface area contributed by atoms with Crippen LogP contribution in [0.2, 0.25) is 0 Å². The van der Waals surface area contributed by atoms with Gasteiger partial charge in [-0.25, -0.2) is 14.4 Å². The normalized spacial score (nSPS) is 11.6. The van der Waals surface area contributed by atoms with Crippen LogP contribution in [0.1, 0.15) is 15.9 Å². The topological polar surface area (TPSA) is 97.0 Å². The van der Waals surface area contributed by atoms with Gasteiger partial charge in [0.2, 0.25) is 5.95 Å². The van der Waals surface area contributed by atoms with Gasteiger partial charge >= 0.3 is 6.18 Å². The first-order chi connectivity index (χ1) is 13.7. The third-order valence-corrected chi connectivity index (χ3v) is 4.13. The first-order valence-corrected chi connectivity index (χ1v) is 8.43. The number of hydrogen-bond acceptors (Lipinski definition) is 6. The van der Waals surface area contributed by atoms with Crippen molar-refractivity contribution in [2.24, 2.45) is 5.73 Å². The number of rotatable bonds is 6. The van der Waals surface area contributed by atoms with Gasteiger partial charge in [0.05, 0.1) is 17.3 Å². The average molecular weight is 408 g/mol. The number of fused-ring (bicyclic) bond motifs is 1. The number of nitrogens with one attached hydrogen (secondary N) is 1. The average Bonchev–Trinajstić information content (AvgIpc) is 2.66. The van der Waals surface area contributed by atoms with Gasteiger partial charge in [0.15, 0.2) is 0 Å². The van der Waals surface area contributed by atoms with Crippen molar-refractivity contribution in [2.75, 3.05) is 25.0 Å². The van der Waals surface area contributed by atoms with Gasteiger partial charge in [0.1, 0.15) is 16.9 Å². The zero-order valence-electron chi connectivity index (χ0n) is 15.2. The summed E-state index contributed by atoms with van der Waals surface area (Å²) in [4.78, 5) is 25.6. The molecule has 0 aliphatic carbocycles. The lowest BCUT2D eigenvalue weighted by molar-refractivity contribution is -0.139. The van der Waals surface area contributed by atoms with Crippen LogP contribution in [-0.2, 0) is 6.18 Å². The van der Waals surface area contributed by atoms with E-state index in [1.807, 2.05) is 0 Å². The Morgan fingerprint density at radius 2 is 2.00 bits per heavy atom. The van der Waals surface area contributed by atoms with E-state index in [1.165, 1.54) is 23.4 Å². The summed E-state index contributed by atoms with van der Waals surface area (Å²) in [5.41, 5.74) is 4.74. The summed E-state index contributed by atoms with van der Waals surface area (Å²) in [7, 11) is 1.68. The molecule has 0 bridgehead atoms. The van der Waals surface area contributed by atoms with Gasteiger partial charge in [-0.2, -0.15) is 13.2 Å². The predicted octanol–water partition coefficient (Wildman–Crippen LogP) is 2.64. The van der Waals surface area contributed by atoms with Gasteiger partial charge in [-0.15, -0.1) is 0 Å². The summed E-state index contributed by atoms with van der Waals surface area (Å²) in [6.07, 6.45) is -2.06. The van der Waals surface area contributed by atoms with Gasteiger partial charge in [0.25, 0.3) is 5.91 Å². The highest BCUT2D eigenvalue weighted by atomic mass is 19.4. The molecule has 0 atom stereocenters. The van der Waals surface area contributed by atoms with Crippen LogP contribution < -0.4 is 16.0 Å². The standard InChI is InChI=1S/C18H16F4N6O/c1-24-6-7-28(10-2-3-12(13(19)8-10)18(20,21)22)17-26-9-14-15(27-17)11(16(23)29)4-5-25-14/h2-5,8-9,24H,6-7H2,1H3,(H2,23,29). The number of benzene rings is 1. The maximum absolute atomic E-state index is 14.1. The summed E-state index contributed by atoms with van der Waals surface area (Å²) < 4.78 is 52.7. The molecular formula is C18H16F4N6O. The SMILES string of the molecule is CNCCN(c1ccc(C(F)(F)F)c(F)c1)c1ncc2nccc(C(N)=O)c2n1. The van der Waals surface area contributed by atoms with Crippen molar-refractivity contribution in [3.63, 3.8) is 0 Å². The largest absolute Gasteiger partial charge is 0.419 e. The van der Waals surface area contributed by atoms with E-state index < -0.39 is 23.5 Å². The quantitative estimate of drug-likeness (QED) is 0.609. The Morgan fingerprint density at radius 1 is 1.24 bits per heavy atom. The number of anilines is 2. The van der Waals surface area contributed by atoms with Crippen LogP contribution in [0.4, 0.5) is 29.2 Å². The fraction of sp³-hybridized carbons (Fsp3) is 0.222. The molecule has 2 aromatic heterocycles. The van der Waals surface area contributed by atoms with Gasteiger partial charge in [-0.1, -0.05) is 0 Å². The van der Waals surface area contributed by atoms with E-state index >= 15 is 0 Å². The molecule has 3 aromatic rings. The second-order valence-corrected chi connectivity index (χ2v) is 6.04. The molecule has 152 valence electrons. The molecule has 3 rings (SSSR count). The minimum absolute atomic E-state index is 0.0578. The van der Waals surface area contributed by atoms with Crippen molar-refractivity contribution >= 4 is 28.6 Å². The number of carbonyl (C=O) groups excluding carboxylic acids is 1. The molecule has 1 aromatic carbocycles. The van der Waals surface area contributed by atoms with Crippen molar-refractivity contribution < 1.29 is 22.4 Å². The van der Waals surface area contributed by atoms with Gasteiger partial charge in [-0.3, -0.25) is 9.78 Å². The van der Waals surface area contributed by atoms with Crippen molar-refractivity contribution in [3.8, 4) is 0 Å². The maximum atomic E-state index is 14.1. The number of amides is 1. The highest BCUT2D eigenvalue weighted by molar-refractivity contribution is 6.03. The Labute approximate surface area is 162 Å². The Morgan fingerprint density at radius 3 is 2.62 bits per heavy atom. The highest BCUT2D eigenvalue weighted by Crippen LogP contribution is 2.34. The number of nitrogens with two attached hydrogens (primary N) is 1. The number of carbonyl (C=O) groups is 1. The smallest absolute Gasteiger partial charge is 0.366 e. The highest BCUT2D eigenvalue weighted by Gasteiger charge is 2.34. The van der Waals surface area contributed by atoms with Gasteiger partial charge in [-0.05, 0) is 31.3 Å². The predicted molar refractivity (Wildman–Crippen MR) is 98.2 cm³/mol. The van der Waals surface area contributed by atoms with Crippen molar-refractivity contribution in [1.29, 1.82) is 0 Å². The lowest BCUT2D eigenvalue weighted by atomic mass is 10.1. The molecule has 1 amide bonds. The van der Waals surface area contributed by atoms with Crippen LogP contribution in [0.15, 0.2) is 36.7 Å². The first kappa shape index (κ1) is 20.4. The molecule has 3 N–H and O–H groups in total. The number of alkyl halides is 3. The molecule has 0 saturated carbocycles. The van der Waals surface area contributed by atoms with Gasteiger partial charge < -0.3 is 16.0 Å². The molecule has 29 heavy (non-hydrogen) atoms. The number of hydrogen-bond donors (Lipinski definition) is 2. The molecule has 0 aliphatic rings. The third-order valence-electron chi connectivity index (χ3n) is 4.13. The number of pyridine rings is 1. The zero-order chi connectivity index (χ0) is 21.2. The summed E-state index contributed by atoms with van der Waals surface area (Å²) in [5, 5.41) is 2.90. The van der Waals surface area contributed by atoms with Crippen molar-refractivity contribution in [1.82, 2.24) is 20.3 Å². The summed E-state index contributed by atoms with van der Waals surface area (Å²) in [6, 6.07) is 3.96. The second-order valence-electron chi connectivity index (χ2n) is 6.04. The van der Waals surface area contributed by atoms with E-state index in [0.717, 1.165) is 12.1 Å². The molecule has 0 saturated heterocycles. The van der Waals surface area contributed by atoms with Crippen molar-refractivity contribution in [2.45, 2.75) is 6.18 Å². The summed E-state index contributed by atoms with van der Waals surface area (Å²) >= 11 is 0. The molecular weight excluding hydrogens is 392 g/mol. The Hall–Kier alpha value is -3.34. The molecule has 11 heteroatoms. The van der Waals surface area contributed by atoms with Crippen molar-refractivity contribution in [3.05, 3.63) is 53.6 Å². The summed E-state index contributed by atoms with van der Waals surface area (Å²) in [5.74, 6) is -2.07. The first-order valence-electron chi connectivity index (χ1n) is 8.43. The number of likely N-dealkylation sites (N-methyl/N-ethyl adjacent to an activating group) is 1. The molecule has 0 unspecified atom stereocenters. The van der Waals surface area contributed by atoms with Crippen LogP contribution in [0.25, 0.3) is 11.0 Å². The van der Waals surface area contributed by atoms with Crippen LogP contribution in [-0.4, -0.2) is 41.0 Å². The van der Waals surface area contributed by atoms with E-state index in [1.54, 1.807) is 7.05 Å². The molecule has 0 spiro atoms. The van der Waals surface area contributed by atoms with Crippen LogP contribution in [0.5, 0.6) is 0 Å². The monoisotopic (exact) mass is 408 g/mol. The minimum atomic E-state index is -4.81. The van der Waals surface area contributed by atoms with E-state index in [0.29, 0.717) is 18.1 Å². The van der Waals surface area contributed by atoms with E-state index in [4.69, 9.17) is 5.73 Å². The summed E-state index contributed by atoms with van der Waals surface area (Å²) in [6.45, 7) is 0.624. The van der Waals surface area contributed by atoms with E-state index in [-0.39, 0.29) is 29.3 Å². The number of primary amides is 1. The molecule has 0 radical (unpaired) electrons. The third kappa shape index (κ3) is 4.24. The van der Waals surface area contributed by atoms with Crippen LogP contribution in [0.3, 0.4) is 0 Å².